The molecule has 18 heavy (non-hydrogen) atoms. The molecule has 1 aliphatic rings. The maximum atomic E-state index is 12.0. The first-order chi connectivity index (χ1) is 8.77. The molecule has 2 heterocycles. The second-order valence-corrected chi connectivity index (χ2v) is 4.70. The highest BCUT2D eigenvalue weighted by molar-refractivity contribution is 5.95. The maximum Gasteiger partial charge on any atom is 0.223 e. The lowest BCUT2D eigenvalue weighted by atomic mass is 10.1. The maximum absolute atomic E-state index is 12.0. The van der Waals surface area contributed by atoms with Gasteiger partial charge >= 0.3 is 0 Å². The number of ketones is 1. The Hall–Kier alpha value is -1.58. The molecule has 0 radical (unpaired) electrons. The molecule has 0 N–H and O–H groups in total. The average Bonchev–Trinajstić information content (AvgIpc) is 2.78. The Morgan fingerprint density at radius 2 is 1.83 bits per heavy atom. The number of furan rings is 1. The first-order valence-electron chi connectivity index (χ1n) is 6.62. The Morgan fingerprint density at radius 3 is 2.44 bits per heavy atom. The van der Waals surface area contributed by atoms with Gasteiger partial charge in [-0.15, -0.1) is 0 Å². The third kappa shape index (κ3) is 3.45. The molecular weight excluding hydrogens is 230 g/mol. The molecule has 4 heteroatoms. The standard InChI is InChI=1S/C14H19NO3/c16-12(13-6-5-11-18-13)7-8-14(17)15-9-3-1-2-4-10-15/h5-6,11H,1-4,7-10H2. The molecule has 0 unspecified atom stereocenters. The molecule has 0 aliphatic carbocycles. The molecular formula is C14H19NO3. The van der Waals surface area contributed by atoms with Crippen LogP contribution in [0.3, 0.4) is 0 Å². The van der Waals surface area contributed by atoms with Crippen LogP contribution >= 0.6 is 0 Å². The Labute approximate surface area is 107 Å². The minimum absolute atomic E-state index is 0.0943. The van der Waals surface area contributed by atoms with Gasteiger partial charge in [0.2, 0.25) is 5.91 Å². The summed E-state index contributed by atoms with van der Waals surface area (Å²) in [5, 5.41) is 0. The van der Waals surface area contributed by atoms with Crippen LogP contribution in [0.25, 0.3) is 0 Å². The lowest BCUT2D eigenvalue weighted by Crippen LogP contribution is -2.31. The molecule has 0 aromatic carbocycles. The van der Waals surface area contributed by atoms with Gasteiger partial charge in [-0.3, -0.25) is 9.59 Å². The summed E-state index contributed by atoms with van der Waals surface area (Å²) in [6.07, 6.45) is 6.58. The van der Waals surface area contributed by atoms with Crippen LogP contribution in [0.5, 0.6) is 0 Å². The summed E-state index contributed by atoms with van der Waals surface area (Å²) >= 11 is 0. The first kappa shape index (κ1) is 12.9. The molecule has 1 aromatic rings. The molecule has 1 amide bonds. The van der Waals surface area contributed by atoms with E-state index in [9.17, 15) is 9.59 Å². The fourth-order valence-corrected chi connectivity index (χ4v) is 2.26. The van der Waals surface area contributed by atoms with Gasteiger partial charge < -0.3 is 9.32 Å². The zero-order valence-corrected chi connectivity index (χ0v) is 10.6. The van der Waals surface area contributed by atoms with Crippen LogP contribution in [0.1, 0.15) is 49.1 Å². The number of carbonyl (C=O) groups excluding carboxylic acids is 2. The smallest absolute Gasteiger partial charge is 0.223 e. The number of likely N-dealkylation sites (tertiary alicyclic amines) is 1. The van der Waals surface area contributed by atoms with Gasteiger partial charge in [0.25, 0.3) is 0 Å². The van der Waals surface area contributed by atoms with Gasteiger partial charge in [-0.25, -0.2) is 0 Å². The minimum Gasteiger partial charge on any atom is -0.461 e. The number of rotatable bonds is 4. The van der Waals surface area contributed by atoms with Gasteiger partial charge in [0.1, 0.15) is 0 Å². The van der Waals surface area contributed by atoms with E-state index >= 15 is 0 Å². The lowest BCUT2D eigenvalue weighted by Gasteiger charge is -2.19. The van der Waals surface area contributed by atoms with E-state index in [2.05, 4.69) is 0 Å². The van der Waals surface area contributed by atoms with Crippen molar-refractivity contribution in [3.63, 3.8) is 0 Å². The fraction of sp³-hybridized carbons (Fsp3) is 0.571. The summed E-state index contributed by atoms with van der Waals surface area (Å²) in [4.78, 5) is 25.6. The van der Waals surface area contributed by atoms with Crippen LogP contribution in [-0.2, 0) is 4.79 Å². The summed E-state index contributed by atoms with van der Waals surface area (Å²) in [7, 11) is 0. The number of hydrogen-bond acceptors (Lipinski definition) is 3. The molecule has 1 saturated heterocycles. The summed E-state index contributed by atoms with van der Waals surface area (Å²) in [6.45, 7) is 1.68. The Bertz CT molecular complexity index is 389. The van der Waals surface area contributed by atoms with E-state index in [1.807, 2.05) is 4.90 Å². The second kappa shape index (κ2) is 6.38. The van der Waals surface area contributed by atoms with Crippen LogP contribution in [0.15, 0.2) is 22.8 Å². The van der Waals surface area contributed by atoms with Gasteiger partial charge in [-0.05, 0) is 25.0 Å². The van der Waals surface area contributed by atoms with Gasteiger partial charge in [-0.1, -0.05) is 12.8 Å². The fourth-order valence-electron chi connectivity index (χ4n) is 2.26. The van der Waals surface area contributed by atoms with Crippen LogP contribution in [0.4, 0.5) is 0 Å². The highest BCUT2D eigenvalue weighted by atomic mass is 16.3. The Morgan fingerprint density at radius 1 is 1.11 bits per heavy atom. The summed E-state index contributed by atoms with van der Waals surface area (Å²) in [5.41, 5.74) is 0. The van der Waals surface area contributed by atoms with Crippen LogP contribution < -0.4 is 0 Å². The molecule has 0 saturated carbocycles. The van der Waals surface area contributed by atoms with Crippen molar-refractivity contribution in [2.24, 2.45) is 0 Å². The van der Waals surface area contributed by atoms with E-state index in [1.54, 1.807) is 12.1 Å². The predicted molar refractivity (Wildman–Crippen MR) is 67.3 cm³/mol. The normalized spacial score (nSPS) is 16.3. The van der Waals surface area contributed by atoms with E-state index in [4.69, 9.17) is 4.42 Å². The SMILES string of the molecule is O=C(CCC(=O)N1CCCCCC1)c1ccco1. The first-order valence-corrected chi connectivity index (χ1v) is 6.62. The zero-order chi connectivity index (χ0) is 12.8. The Balaban J connectivity index is 1.78. The molecule has 98 valence electrons. The molecule has 1 aromatic heterocycles. The van der Waals surface area contributed by atoms with Crippen LogP contribution in [0, 0.1) is 0 Å². The zero-order valence-electron chi connectivity index (χ0n) is 10.6. The number of hydrogen-bond donors (Lipinski definition) is 0. The van der Waals surface area contributed by atoms with E-state index in [0.717, 1.165) is 25.9 Å². The van der Waals surface area contributed by atoms with E-state index < -0.39 is 0 Å². The predicted octanol–water partition coefficient (Wildman–Crippen LogP) is 2.65. The molecule has 1 aliphatic heterocycles. The highest BCUT2D eigenvalue weighted by Crippen LogP contribution is 2.12. The van der Waals surface area contributed by atoms with E-state index in [-0.39, 0.29) is 18.1 Å². The summed E-state index contributed by atoms with van der Waals surface area (Å²) in [5.74, 6) is 0.346. The highest BCUT2D eigenvalue weighted by Gasteiger charge is 2.17. The molecule has 0 bridgehead atoms. The van der Waals surface area contributed by atoms with Crippen molar-refractivity contribution in [2.75, 3.05) is 13.1 Å². The molecule has 4 nitrogen and oxygen atoms in total. The summed E-state index contributed by atoms with van der Waals surface area (Å²) < 4.78 is 5.02. The minimum atomic E-state index is -0.0943. The quantitative estimate of drug-likeness (QED) is 0.771. The van der Waals surface area contributed by atoms with Gasteiger partial charge in [0.05, 0.1) is 6.26 Å². The number of Topliss-reactive ketones (excluding diaryl/α,β-unsaturated/α-hetero) is 1. The molecule has 1 fully saturated rings. The van der Waals surface area contributed by atoms with Crippen molar-refractivity contribution in [1.82, 2.24) is 4.90 Å². The topological polar surface area (TPSA) is 50.5 Å². The van der Waals surface area contributed by atoms with Crippen LogP contribution in [-0.4, -0.2) is 29.7 Å². The molecule has 0 atom stereocenters. The van der Waals surface area contributed by atoms with Crippen molar-refractivity contribution in [1.29, 1.82) is 0 Å². The van der Waals surface area contributed by atoms with Gasteiger partial charge in [0, 0.05) is 25.9 Å². The van der Waals surface area contributed by atoms with Crippen molar-refractivity contribution < 1.29 is 14.0 Å². The molecule has 0 spiro atoms. The van der Waals surface area contributed by atoms with Crippen LogP contribution in [0.2, 0.25) is 0 Å². The number of carbonyl (C=O) groups is 2. The number of amides is 1. The van der Waals surface area contributed by atoms with Crippen molar-refractivity contribution in [2.45, 2.75) is 38.5 Å². The van der Waals surface area contributed by atoms with Crippen molar-refractivity contribution in [3.8, 4) is 0 Å². The van der Waals surface area contributed by atoms with Gasteiger partial charge in [-0.2, -0.15) is 0 Å². The Kier molecular flexibility index (Phi) is 4.56. The largest absolute Gasteiger partial charge is 0.461 e. The third-order valence-electron chi connectivity index (χ3n) is 3.32. The third-order valence-corrected chi connectivity index (χ3v) is 3.32. The lowest BCUT2D eigenvalue weighted by molar-refractivity contribution is -0.131. The monoisotopic (exact) mass is 249 g/mol. The van der Waals surface area contributed by atoms with E-state index in [0.29, 0.717) is 12.2 Å². The number of nitrogens with zero attached hydrogens (tertiary/aromatic N) is 1. The second-order valence-electron chi connectivity index (χ2n) is 4.70. The molecule has 2 rings (SSSR count). The van der Waals surface area contributed by atoms with Crippen molar-refractivity contribution >= 4 is 11.7 Å². The average molecular weight is 249 g/mol. The van der Waals surface area contributed by atoms with Gasteiger partial charge in [0.15, 0.2) is 11.5 Å². The van der Waals surface area contributed by atoms with Crippen molar-refractivity contribution in [3.05, 3.63) is 24.2 Å². The van der Waals surface area contributed by atoms with E-state index in [1.165, 1.54) is 19.1 Å². The summed E-state index contributed by atoms with van der Waals surface area (Å²) in [6, 6.07) is 3.32.